The first kappa shape index (κ1) is 30.9. The largest absolute Gasteiger partial charge is 0.334 e. The first-order chi connectivity index (χ1) is 21.4. The summed E-state index contributed by atoms with van der Waals surface area (Å²) >= 11 is 0. The zero-order valence-corrected chi connectivity index (χ0v) is 25.3. The smallest absolute Gasteiger partial charge is 0.274 e. The number of aromatic nitrogens is 4. The number of fused-ring (bicyclic) bond motifs is 1. The molecule has 0 N–H and O–H groups in total. The zero-order valence-electron chi connectivity index (χ0n) is 24.5. The maximum Gasteiger partial charge on any atom is 0.274 e. The molecule has 6 rings (SSSR count). The van der Waals surface area contributed by atoms with E-state index in [4.69, 9.17) is 0 Å². The number of carbonyl (C=O) groups is 1. The molecule has 0 bridgehead atoms. The number of rotatable bonds is 7. The number of amides is 1. The fourth-order valence-corrected chi connectivity index (χ4v) is 7.78. The van der Waals surface area contributed by atoms with Gasteiger partial charge in [0.25, 0.3) is 5.56 Å². The van der Waals surface area contributed by atoms with Gasteiger partial charge in [0, 0.05) is 42.5 Å². The average molecular weight is 647 g/mol. The molecule has 2 aromatic carbocycles. The van der Waals surface area contributed by atoms with Crippen molar-refractivity contribution in [1.82, 2.24) is 23.6 Å². The first-order valence-electron chi connectivity index (χ1n) is 14.5. The van der Waals surface area contributed by atoms with Crippen molar-refractivity contribution >= 4 is 32.4 Å². The fraction of sp³-hybridized carbons (Fsp3) is 0.400. The Balaban J connectivity index is 1.37. The summed E-state index contributed by atoms with van der Waals surface area (Å²) in [7, 11) is -3.68. The van der Waals surface area contributed by atoms with Gasteiger partial charge in [0.2, 0.25) is 15.9 Å². The van der Waals surface area contributed by atoms with E-state index in [1.807, 2.05) is 10.8 Å². The van der Waals surface area contributed by atoms with Crippen LogP contribution in [0.4, 0.5) is 23.2 Å². The van der Waals surface area contributed by atoms with Gasteiger partial charge >= 0.3 is 0 Å². The summed E-state index contributed by atoms with van der Waals surface area (Å²) in [6.07, 6.45) is 10.3. The molecular formula is C30H30F4N6O4S. The maximum atomic E-state index is 14.8. The molecule has 1 aliphatic carbocycles. The molecule has 1 aliphatic heterocycles. The fourth-order valence-electron chi connectivity index (χ4n) is 6.04. The number of imidazole rings is 1. The van der Waals surface area contributed by atoms with Gasteiger partial charge < -0.3 is 9.47 Å². The molecule has 1 amide bonds. The molecule has 1 saturated heterocycles. The third kappa shape index (κ3) is 5.31. The highest BCUT2D eigenvalue weighted by Crippen LogP contribution is 2.35. The SMILES string of the molecule is Cc1c(F)c(F)c(S(=O)(=O)N2CC[C@@H]2C(=O)N(Cc2cn(C3CCCCC3)cn2)c2ccc3c(=O)n(C)ncc3c2)c(F)c1F. The number of aryl methyl sites for hydroxylation is 1. The van der Waals surface area contributed by atoms with Gasteiger partial charge in [0.05, 0.1) is 30.1 Å². The molecule has 1 saturated carbocycles. The molecule has 45 heavy (non-hydrogen) atoms. The van der Waals surface area contributed by atoms with Crippen molar-refractivity contribution in [3.05, 3.63) is 81.8 Å². The van der Waals surface area contributed by atoms with E-state index in [0.717, 1.165) is 43.7 Å². The third-order valence-electron chi connectivity index (χ3n) is 8.74. The number of sulfonamides is 1. The van der Waals surface area contributed by atoms with Crippen LogP contribution < -0.4 is 10.5 Å². The number of nitrogens with zero attached hydrogens (tertiary/aromatic N) is 6. The van der Waals surface area contributed by atoms with Crippen molar-refractivity contribution in [3.8, 4) is 0 Å². The summed E-state index contributed by atoms with van der Waals surface area (Å²) in [6.45, 7) is 0.380. The van der Waals surface area contributed by atoms with Crippen LogP contribution in [0.15, 0.2) is 46.6 Å². The zero-order chi connectivity index (χ0) is 32.2. The number of benzene rings is 2. The molecule has 0 unspecified atom stereocenters. The summed E-state index contributed by atoms with van der Waals surface area (Å²) in [5.41, 5.74) is -0.561. The van der Waals surface area contributed by atoms with E-state index in [1.165, 1.54) is 30.3 Å². The van der Waals surface area contributed by atoms with E-state index < -0.39 is 55.7 Å². The Morgan fingerprint density at radius 2 is 1.71 bits per heavy atom. The van der Waals surface area contributed by atoms with Crippen molar-refractivity contribution in [3.63, 3.8) is 0 Å². The first-order valence-corrected chi connectivity index (χ1v) is 16.0. The lowest BCUT2D eigenvalue weighted by Crippen LogP contribution is -2.59. The highest BCUT2D eigenvalue weighted by molar-refractivity contribution is 7.89. The minimum atomic E-state index is -5.18. The number of halogens is 4. The monoisotopic (exact) mass is 646 g/mol. The normalized spacial score (nSPS) is 17.9. The minimum absolute atomic E-state index is 0.0131. The van der Waals surface area contributed by atoms with Crippen LogP contribution in [0.25, 0.3) is 10.8 Å². The Hall–Kier alpha value is -4.11. The number of hydrogen-bond acceptors (Lipinski definition) is 6. The molecule has 2 aromatic heterocycles. The van der Waals surface area contributed by atoms with Gasteiger partial charge in [0.1, 0.15) is 6.04 Å². The van der Waals surface area contributed by atoms with Crippen molar-refractivity contribution in [2.75, 3.05) is 11.4 Å². The van der Waals surface area contributed by atoms with Crippen LogP contribution in [0, 0.1) is 30.2 Å². The number of carbonyl (C=O) groups excluding carboxylic acids is 1. The lowest BCUT2D eigenvalue weighted by atomic mass is 9.95. The molecule has 2 aliphatic rings. The minimum Gasteiger partial charge on any atom is -0.334 e. The average Bonchev–Trinajstić information content (AvgIpc) is 3.48. The van der Waals surface area contributed by atoms with E-state index in [1.54, 1.807) is 12.4 Å². The highest BCUT2D eigenvalue weighted by Gasteiger charge is 2.47. The van der Waals surface area contributed by atoms with Gasteiger partial charge in [-0.3, -0.25) is 9.59 Å². The molecule has 2 fully saturated rings. The third-order valence-corrected chi connectivity index (χ3v) is 10.7. The molecular weight excluding hydrogens is 616 g/mol. The molecule has 0 spiro atoms. The highest BCUT2D eigenvalue weighted by atomic mass is 32.2. The number of hydrogen-bond donors (Lipinski definition) is 0. The van der Waals surface area contributed by atoms with Crippen LogP contribution in [0.2, 0.25) is 0 Å². The van der Waals surface area contributed by atoms with Gasteiger partial charge in [-0.15, -0.1) is 0 Å². The second-order valence-corrected chi connectivity index (χ2v) is 13.3. The van der Waals surface area contributed by atoms with Crippen LogP contribution in [0.5, 0.6) is 0 Å². The van der Waals surface area contributed by atoms with E-state index in [-0.39, 0.29) is 31.1 Å². The van der Waals surface area contributed by atoms with Crippen molar-refractivity contribution in [2.24, 2.45) is 7.05 Å². The molecule has 3 heterocycles. The summed E-state index contributed by atoms with van der Waals surface area (Å²) < 4.78 is 88.8. The second kappa shape index (κ2) is 11.7. The standard InChI is InChI=1S/C30H30F4N6O4S/c1-17-24(31)26(33)28(27(34)25(17)32)45(43,44)40-11-10-23(40)30(42)39(15-19-14-38(16-35-19)20-6-4-3-5-7-20)21-8-9-22-18(12-21)13-36-37(2)29(22)41/h8-9,12-14,16,20,23H,3-7,10-11,15H2,1-2H3/t23-/m1/s1. The van der Waals surface area contributed by atoms with Gasteiger partial charge in [-0.1, -0.05) is 19.3 Å². The van der Waals surface area contributed by atoms with Crippen LogP contribution in [0.3, 0.4) is 0 Å². The van der Waals surface area contributed by atoms with E-state index in [0.29, 0.717) is 26.5 Å². The molecule has 1 atom stereocenters. The Kier molecular flexibility index (Phi) is 8.01. The topological polar surface area (TPSA) is 110 Å². The molecule has 0 radical (unpaired) electrons. The van der Waals surface area contributed by atoms with Crippen LogP contribution in [-0.4, -0.2) is 50.5 Å². The summed E-state index contributed by atoms with van der Waals surface area (Å²) in [5, 5.41) is 4.80. The molecule has 4 aromatic rings. The van der Waals surface area contributed by atoms with Crippen molar-refractivity contribution in [2.45, 2.75) is 69.0 Å². The van der Waals surface area contributed by atoms with E-state index in [9.17, 15) is 35.6 Å². The van der Waals surface area contributed by atoms with E-state index >= 15 is 0 Å². The van der Waals surface area contributed by atoms with Crippen LogP contribution >= 0.6 is 0 Å². The maximum absolute atomic E-state index is 14.8. The van der Waals surface area contributed by atoms with Crippen molar-refractivity contribution < 1.29 is 30.8 Å². The second-order valence-electron chi connectivity index (χ2n) is 11.5. The van der Waals surface area contributed by atoms with Crippen LogP contribution in [0.1, 0.15) is 55.8 Å². The Morgan fingerprint density at radius 3 is 2.36 bits per heavy atom. The van der Waals surface area contributed by atoms with E-state index in [2.05, 4.69) is 10.1 Å². The summed E-state index contributed by atoms with van der Waals surface area (Å²) in [6, 6.07) is 3.44. The van der Waals surface area contributed by atoms with Gasteiger partial charge in [-0.05, 0) is 44.4 Å². The van der Waals surface area contributed by atoms with Crippen molar-refractivity contribution in [1.29, 1.82) is 0 Å². The Labute approximate surface area is 255 Å². The number of anilines is 1. The lowest BCUT2D eigenvalue weighted by Gasteiger charge is -2.41. The Morgan fingerprint density at radius 1 is 1.02 bits per heavy atom. The molecule has 238 valence electrons. The summed E-state index contributed by atoms with van der Waals surface area (Å²) in [5.74, 6) is -8.53. The van der Waals surface area contributed by atoms with Gasteiger partial charge in [-0.2, -0.15) is 9.40 Å². The predicted molar refractivity (Wildman–Crippen MR) is 156 cm³/mol. The lowest BCUT2D eigenvalue weighted by molar-refractivity contribution is -0.125. The predicted octanol–water partition coefficient (Wildman–Crippen LogP) is 4.50. The van der Waals surface area contributed by atoms with Gasteiger partial charge in [0.15, 0.2) is 28.2 Å². The molecule has 15 heteroatoms. The molecule has 10 nitrogen and oxygen atoms in total. The quantitative estimate of drug-likeness (QED) is 0.216. The van der Waals surface area contributed by atoms with Crippen LogP contribution in [-0.2, 0) is 28.4 Å². The Bertz CT molecular complexity index is 1960. The van der Waals surface area contributed by atoms with Gasteiger partial charge in [-0.25, -0.2) is 35.6 Å². The summed E-state index contributed by atoms with van der Waals surface area (Å²) in [4.78, 5) is 30.7.